The van der Waals surface area contributed by atoms with Crippen molar-refractivity contribution in [3.05, 3.63) is 41.5 Å². The summed E-state index contributed by atoms with van der Waals surface area (Å²) in [5.41, 5.74) is 2.53. The van der Waals surface area contributed by atoms with Crippen molar-refractivity contribution in [1.29, 1.82) is 0 Å². The molecular weight excluding hydrogens is 390 g/mol. The van der Waals surface area contributed by atoms with Crippen LogP contribution in [0, 0.1) is 20.8 Å². The van der Waals surface area contributed by atoms with Crippen molar-refractivity contribution in [3.8, 4) is 0 Å². The molecule has 0 bridgehead atoms. The molecule has 1 aromatic rings. The summed E-state index contributed by atoms with van der Waals surface area (Å²) in [4.78, 5) is 23.8. The number of nitrogens with one attached hydrogen (secondary N) is 2. The van der Waals surface area contributed by atoms with Gasteiger partial charge in [0, 0.05) is 25.7 Å². The van der Waals surface area contributed by atoms with Gasteiger partial charge in [-0.1, -0.05) is 30.2 Å². The Morgan fingerprint density at radius 1 is 1.14 bits per heavy atom. The molecule has 7 nitrogen and oxygen atoms in total. The van der Waals surface area contributed by atoms with E-state index in [-0.39, 0.29) is 19.1 Å². The van der Waals surface area contributed by atoms with Crippen LogP contribution in [0.2, 0.25) is 0 Å². The first-order valence-electron chi connectivity index (χ1n) is 9.95. The first kappa shape index (κ1) is 23.1. The van der Waals surface area contributed by atoms with Crippen LogP contribution in [0.25, 0.3) is 0 Å². The van der Waals surface area contributed by atoms with Crippen LogP contribution in [-0.4, -0.2) is 50.2 Å². The molecule has 0 radical (unpaired) electrons. The molecule has 0 spiro atoms. The van der Waals surface area contributed by atoms with Crippen LogP contribution in [0.1, 0.15) is 42.4 Å². The minimum Gasteiger partial charge on any atom is -0.348 e. The molecule has 1 aliphatic rings. The highest BCUT2D eigenvalue weighted by Gasteiger charge is 2.35. The van der Waals surface area contributed by atoms with Crippen LogP contribution in [0.4, 0.5) is 0 Å². The topological polar surface area (TPSA) is 95.6 Å². The number of benzene rings is 1. The van der Waals surface area contributed by atoms with E-state index < -0.39 is 21.8 Å². The van der Waals surface area contributed by atoms with Gasteiger partial charge in [-0.3, -0.25) is 9.59 Å². The van der Waals surface area contributed by atoms with Crippen LogP contribution in [0.5, 0.6) is 0 Å². The maximum absolute atomic E-state index is 13.4. The van der Waals surface area contributed by atoms with Gasteiger partial charge in [0.2, 0.25) is 10.0 Å². The summed E-state index contributed by atoms with van der Waals surface area (Å²) in [7, 11) is -3.64. The highest BCUT2D eigenvalue weighted by Crippen LogP contribution is 2.31. The average Bonchev–Trinajstić information content (AvgIpc) is 2.65. The zero-order chi connectivity index (χ0) is 21.6. The van der Waals surface area contributed by atoms with Crippen molar-refractivity contribution in [3.63, 3.8) is 0 Å². The van der Waals surface area contributed by atoms with Crippen molar-refractivity contribution in [2.45, 2.75) is 57.4 Å². The van der Waals surface area contributed by atoms with Gasteiger partial charge < -0.3 is 10.6 Å². The molecule has 8 heteroatoms. The predicted molar refractivity (Wildman–Crippen MR) is 113 cm³/mol. The van der Waals surface area contributed by atoms with E-state index in [1.165, 1.54) is 6.08 Å². The van der Waals surface area contributed by atoms with E-state index in [9.17, 15) is 18.0 Å². The zero-order valence-corrected chi connectivity index (χ0v) is 18.3. The van der Waals surface area contributed by atoms with E-state index in [0.29, 0.717) is 17.9 Å². The second-order valence-electron chi connectivity index (χ2n) is 7.54. The quantitative estimate of drug-likeness (QED) is 0.520. The lowest BCUT2D eigenvalue weighted by Crippen LogP contribution is -2.46. The number of hydrogen-bond acceptors (Lipinski definition) is 4. The zero-order valence-electron chi connectivity index (χ0n) is 17.5. The Kier molecular flexibility index (Phi) is 7.98. The second-order valence-corrected chi connectivity index (χ2v) is 9.36. The molecule has 2 N–H and O–H groups in total. The molecule has 1 aliphatic heterocycles. The van der Waals surface area contributed by atoms with E-state index in [1.54, 1.807) is 4.31 Å². The molecule has 1 fully saturated rings. The van der Waals surface area contributed by atoms with Crippen molar-refractivity contribution in [2.75, 3.05) is 19.6 Å². The minimum absolute atomic E-state index is 0.203. The van der Waals surface area contributed by atoms with E-state index in [0.717, 1.165) is 36.0 Å². The number of rotatable bonds is 7. The molecule has 0 aliphatic carbocycles. The third kappa shape index (κ3) is 5.67. The number of nitrogens with zero attached hydrogens (tertiary/aromatic N) is 1. The molecule has 1 atom stereocenters. The second kappa shape index (κ2) is 10.0. The van der Waals surface area contributed by atoms with Crippen molar-refractivity contribution < 1.29 is 18.0 Å². The molecular formula is C21H31N3O4S. The van der Waals surface area contributed by atoms with Gasteiger partial charge in [-0.25, -0.2) is 8.42 Å². The van der Waals surface area contributed by atoms with E-state index in [1.807, 2.05) is 32.9 Å². The molecule has 1 aromatic carbocycles. The Morgan fingerprint density at radius 3 is 2.38 bits per heavy atom. The van der Waals surface area contributed by atoms with Gasteiger partial charge >= 0.3 is 11.8 Å². The fourth-order valence-corrected chi connectivity index (χ4v) is 6.09. The molecule has 2 amide bonds. The lowest BCUT2D eigenvalue weighted by molar-refractivity contribution is -0.139. The van der Waals surface area contributed by atoms with Gasteiger partial charge in [0.1, 0.15) is 0 Å². The SMILES string of the molecule is C=CCNC(=O)C(=O)NCCC1CCCCN1S(=O)(=O)c1c(C)cc(C)cc1C. The van der Waals surface area contributed by atoms with Crippen LogP contribution in [0.3, 0.4) is 0 Å². The first-order chi connectivity index (χ1) is 13.7. The van der Waals surface area contributed by atoms with Gasteiger partial charge in [0.15, 0.2) is 0 Å². The Balaban J connectivity index is 2.10. The van der Waals surface area contributed by atoms with Crippen LogP contribution in [0.15, 0.2) is 29.7 Å². The first-order valence-corrected chi connectivity index (χ1v) is 11.4. The largest absolute Gasteiger partial charge is 0.348 e. The van der Waals surface area contributed by atoms with Crippen LogP contribution >= 0.6 is 0 Å². The Morgan fingerprint density at radius 2 is 1.76 bits per heavy atom. The van der Waals surface area contributed by atoms with Crippen LogP contribution < -0.4 is 10.6 Å². The normalized spacial score (nSPS) is 17.6. The fourth-order valence-electron chi connectivity index (χ4n) is 3.95. The van der Waals surface area contributed by atoms with Crippen molar-refractivity contribution in [1.82, 2.24) is 14.9 Å². The van der Waals surface area contributed by atoms with Crippen molar-refractivity contribution in [2.24, 2.45) is 0 Å². The molecule has 1 heterocycles. The summed E-state index contributed by atoms with van der Waals surface area (Å²) in [6.45, 7) is 10.0. The number of piperidine rings is 1. The molecule has 0 saturated carbocycles. The standard InChI is InChI=1S/C21H31N3O4S/c1-5-10-22-20(25)21(26)23-11-9-18-8-6-7-12-24(18)29(27,28)19-16(3)13-15(2)14-17(19)4/h5,13-14,18H,1,6-12H2,2-4H3,(H,22,25)(H,23,26). The highest BCUT2D eigenvalue weighted by atomic mass is 32.2. The summed E-state index contributed by atoms with van der Waals surface area (Å²) in [5.74, 6) is -1.44. The lowest BCUT2D eigenvalue weighted by atomic mass is 10.0. The molecule has 160 valence electrons. The number of aryl methyl sites for hydroxylation is 3. The number of sulfonamides is 1. The lowest BCUT2D eigenvalue weighted by Gasteiger charge is -2.35. The summed E-state index contributed by atoms with van der Waals surface area (Å²) in [6.07, 6.45) is 4.45. The summed E-state index contributed by atoms with van der Waals surface area (Å²) in [5, 5.41) is 4.99. The summed E-state index contributed by atoms with van der Waals surface area (Å²) in [6, 6.07) is 3.58. The average molecular weight is 422 g/mol. The molecule has 0 aromatic heterocycles. The fraction of sp³-hybridized carbons (Fsp3) is 0.524. The molecule has 1 unspecified atom stereocenters. The van der Waals surface area contributed by atoms with E-state index in [4.69, 9.17) is 0 Å². The van der Waals surface area contributed by atoms with Crippen molar-refractivity contribution >= 4 is 21.8 Å². The third-order valence-electron chi connectivity index (χ3n) is 5.12. The van der Waals surface area contributed by atoms with E-state index >= 15 is 0 Å². The van der Waals surface area contributed by atoms with Gasteiger partial charge in [0.05, 0.1) is 4.90 Å². The summed E-state index contributed by atoms with van der Waals surface area (Å²) < 4.78 is 28.5. The third-order valence-corrected chi connectivity index (χ3v) is 7.38. The summed E-state index contributed by atoms with van der Waals surface area (Å²) >= 11 is 0. The number of carbonyl (C=O) groups excluding carboxylic acids is 2. The Labute approximate surface area is 173 Å². The molecule has 29 heavy (non-hydrogen) atoms. The number of carbonyl (C=O) groups is 2. The number of hydrogen-bond donors (Lipinski definition) is 2. The maximum Gasteiger partial charge on any atom is 0.309 e. The molecule has 1 saturated heterocycles. The predicted octanol–water partition coefficient (Wildman–Crippen LogP) is 1.96. The van der Waals surface area contributed by atoms with Gasteiger partial charge in [0.25, 0.3) is 0 Å². The van der Waals surface area contributed by atoms with Crippen LogP contribution in [-0.2, 0) is 19.6 Å². The maximum atomic E-state index is 13.4. The Bertz CT molecular complexity index is 857. The number of amides is 2. The highest BCUT2D eigenvalue weighted by molar-refractivity contribution is 7.89. The monoisotopic (exact) mass is 421 g/mol. The minimum atomic E-state index is -3.64. The smallest absolute Gasteiger partial charge is 0.309 e. The Hall–Kier alpha value is -2.19. The van der Waals surface area contributed by atoms with Gasteiger partial charge in [-0.05, 0) is 51.2 Å². The van der Waals surface area contributed by atoms with Gasteiger partial charge in [-0.2, -0.15) is 4.31 Å². The van der Waals surface area contributed by atoms with Gasteiger partial charge in [-0.15, -0.1) is 6.58 Å². The molecule has 2 rings (SSSR count). The van der Waals surface area contributed by atoms with E-state index in [2.05, 4.69) is 17.2 Å².